The van der Waals surface area contributed by atoms with Crippen molar-refractivity contribution in [2.75, 3.05) is 58.3 Å². The maximum Gasteiger partial charge on any atom is 0.191 e. The van der Waals surface area contributed by atoms with Gasteiger partial charge in [0, 0.05) is 64.7 Å². The molecule has 26 heavy (non-hydrogen) atoms. The quantitative estimate of drug-likeness (QED) is 0.381. The molecule has 0 spiro atoms. The number of nitrogens with one attached hydrogen (secondary N) is 2. The largest absolute Gasteiger partial charge is 0.376 e. The van der Waals surface area contributed by atoms with Crippen molar-refractivity contribution in [1.82, 2.24) is 20.5 Å². The predicted molar refractivity (Wildman–Crippen MR) is 117 cm³/mol. The molecule has 1 aromatic rings. The molecule has 2 N–H and O–H groups in total. The standard InChI is InChI=1S/C18H30N6O.HI/c1-19-18(22-14-16-6-4-12-25-16)21-13-15-5-3-7-20-17(15)24-10-8-23(2)9-11-24;/h3,5,7,16H,4,6,8-14H2,1-2H3,(H2,19,21,22);1H. The van der Waals surface area contributed by atoms with E-state index in [0.29, 0.717) is 12.6 Å². The van der Waals surface area contributed by atoms with E-state index in [0.717, 1.165) is 63.9 Å². The Bertz CT molecular complexity index is 571. The summed E-state index contributed by atoms with van der Waals surface area (Å²) in [6.45, 7) is 6.59. The van der Waals surface area contributed by atoms with Crippen molar-refractivity contribution < 1.29 is 4.74 Å². The monoisotopic (exact) mass is 474 g/mol. The van der Waals surface area contributed by atoms with Gasteiger partial charge in [-0.2, -0.15) is 0 Å². The molecule has 1 unspecified atom stereocenters. The van der Waals surface area contributed by atoms with Gasteiger partial charge in [0.1, 0.15) is 5.82 Å². The maximum absolute atomic E-state index is 5.65. The van der Waals surface area contributed by atoms with E-state index in [1.54, 1.807) is 7.05 Å². The Morgan fingerprint density at radius 1 is 1.31 bits per heavy atom. The fourth-order valence-electron chi connectivity index (χ4n) is 3.29. The minimum absolute atomic E-state index is 0. The smallest absolute Gasteiger partial charge is 0.191 e. The van der Waals surface area contributed by atoms with Crippen LogP contribution in [0.1, 0.15) is 18.4 Å². The molecule has 0 aliphatic carbocycles. The van der Waals surface area contributed by atoms with Gasteiger partial charge in [-0.25, -0.2) is 4.98 Å². The number of likely N-dealkylation sites (N-methyl/N-ethyl adjacent to an activating group) is 1. The average molecular weight is 474 g/mol. The lowest BCUT2D eigenvalue weighted by Gasteiger charge is -2.34. The van der Waals surface area contributed by atoms with Gasteiger partial charge in [0.25, 0.3) is 0 Å². The molecule has 7 nitrogen and oxygen atoms in total. The average Bonchev–Trinajstić information content (AvgIpc) is 3.16. The van der Waals surface area contributed by atoms with Gasteiger partial charge in [-0.1, -0.05) is 6.07 Å². The number of hydrogen-bond acceptors (Lipinski definition) is 5. The minimum Gasteiger partial charge on any atom is -0.376 e. The second-order valence-electron chi connectivity index (χ2n) is 6.72. The van der Waals surface area contributed by atoms with Gasteiger partial charge in [-0.3, -0.25) is 4.99 Å². The summed E-state index contributed by atoms with van der Waals surface area (Å²) in [5.74, 6) is 1.89. The molecule has 2 aliphatic rings. The molecular weight excluding hydrogens is 443 g/mol. The molecule has 8 heteroatoms. The first-order valence-corrected chi connectivity index (χ1v) is 9.20. The lowest BCUT2D eigenvalue weighted by atomic mass is 10.2. The summed E-state index contributed by atoms with van der Waals surface area (Å²) in [4.78, 5) is 13.7. The van der Waals surface area contributed by atoms with E-state index in [1.165, 1.54) is 5.56 Å². The highest BCUT2D eigenvalue weighted by Gasteiger charge is 2.18. The summed E-state index contributed by atoms with van der Waals surface area (Å²) in [6.07, 6.45) is 4.46. The number of ether oxygens (including phenoxy) is 1. The van der Waals surface area contributed by atoms with Crippen LogP contribution in [0.2, 0.25) is 0 Å². The second kappa shape index (κ2) is 10.9. The van der Waals surface area contributed by atoms with Crippen molar-refractivity contribution in [2.45, 2.75) is 25.5 Å². The molecule has 1 atom stereocenters. The topological polar surface area (TPSA) is 65.0 Å². The van der Waals surface area contributed by atoms with Gasteiger partial charge in [0.2, 0.25) is 0 Å². The van der Waals surface area contributed by atoms with Crippen LogP contribution in [0.4, 0.5) is 5.82 Å². The Kier molecular flexibility index (Phi) is 8.86. The summed E-state index contributed by atoms with van der Waals surface area (Å²) >= 11 is 0. The first-order chi connectivity index (χ1) is 12.3. The molecule has 0 bridgehead atoms. The third-order valence-electron chi connectivity index (χ3n) is 4.86. The fourth-order valence-corrected chi connectivity index (χ4v) is 3.29. The van der Waals surface area contributed by atoms with Crippen molar-refractivity contribution in [2.24, 2.45) is 4.99 Å². The molecule has 0 saturated carbocycles. The van der Waals surface area contributed by atoms with Crippen LogP contribution in [0.5, 0.6) is 0 Å². The Balaban J connectivity index is 0.00000243. The Morgan fingerprint density at radius 2 is 2.12 bits per heavy atom. The molecule has 3 rings (SSSR count). The predicted octanol–water partition coefficient (Wildman–Crippen LogP) is 1.30. The Labute approximate surface area is 173 Å². The third kappa shape index (κ3) is 5.95. The zero-order chi connectivity index (χ0) is 17.5. The van der Waals surface area contributed by atoms with Gasteiger partial charge < -0.3 is 25.2 Å². The number of guanidine groups is 1. The summed E-state index contributed by atoms with van der Waals surface area (Å²) < 4.78 is 5.65. The van der Waals surface area contributed by atoms with Crippen LogP contribution in [-0.4, -0.2) is 75.4 Å². The van der Waals surface area contributed by atoms with E-state index in [2.05, 4.69) is 43.5 Å². The zero-order valence-electron chi connectivity index (χ0n) is 15.8. The Hall–Kier alpha value is -1.13. The highest BCUT2D eigenvalue weighted by atomic mass is 127. The lowest BCUT2D eigenvalue weighted by molar-refractivity contribution is 0.114. The number of aliphatic imine (C=N–C) groups is 1. The summed E-state index contributed by atoms with van der Waals surface area (Å²) in [7, 11) is 3.97. The highest BCUT2D eigenvalue weighted by molar-refractivity contribution is 14.0. The van der Waals surface area contributed by atoms with Gasteiger partial charge in [-0.15, -0.1) is 24.0 Å². The fraction of sp³-hybridized carbons (Fsp3) is 0.667. The third-order valence-corrected chi connectivity index (χ3v) is 4.86. The van der Waals surface area contributed by atoms with Gasteiger partial charge in [0.15, 0.2) is 5.96 Å². The number of hydrogen-bond donors (Lipinski definition) is 2. The molecule has 3 heterocycles. The SMILES string of the molecule is CN=C(NCc1cccnc1N1CCN(C)CC1)NCC1CCCO1.I. The van der Waals surface area contributed by atoms with Crippen LogP contribution in [0.25, 0.3) is 0 Å². The molecule has 2 aliphatic heterocycles. The van der Waals surface area contributed by atoms with Crippen molar-refractivity contribution in [1.29, 1.82) is 0 Å². The van der Waals surface area contributed by atoms with Gasteiger partial charge in [-0.05, 0) is 26.0 Å². The Morgan fingerprint density at radius 3 is 2.81 bits per heavy atom. The number of pyridine rings is 1. The molecule has 146 valence electrons. The van der Waals surface area contributed by atoms with E-state index in [-0.39, 0.29) is 24.0 Å². The van der Waals surface area contributed by atoms with E-state index in [1.807, 2.05) is 12.3 Å². The molecule has 2 fully saturated rings. The number of halogens is 1. The maximum atomic E-state index is 5.65. The number of aromatic nitrogens is 1. The first kappa shape index (κ1) is 21.2. The van der Waals surface area contributed by atoms with Crippen molar-refractivity contribution >= 4 is 35.8 Å². The molecular formula is C18H31IN6O. The van der Waals surface area contributed by atoms with Crippen LogP contribution in [0.15, 0.2) is 23.3 Å². The number of nitrogens with zero attached hydrogens (tertiary/aromatic N) is 4. The van der Waals surface area contributed by atoms with E-state index < -0.39 is 0 Å². The van der Waals surface area contributed by atoms with Gasteiger partial charge >= 0.3 is 0 Å². The molecule has 0 radical (unpaired) electrons. The van der Waals surface area contributed by atoms with E-state index in [9.17, 15) is 0 Å². The van der Waals surface area contributed by atoms with Crippen molar-refractivity contribution in [3.8, 4) is 0 Å². The van der Waals surface area contributed by atoms with Crippen molar-refractivity contribution in [3.05, 3.63) is 23.9 Å². The van der Waals surface area contributed by atoms with Crippen LogP contribution < -0.4 is 15.5 Å². The van der Waals surface area contributed by atoms with Crippen LogP contribution in [0, 0.1) is 0 Å². The lowest BCUT2D eigenvalue weighted by Crippen LogP contribution is -2.45. The highest BCUT2D eigenvalue weighted by Crippen LogP contribution is 2.18. The van der Waals surface area contributed by atoms with Gasteiger partial charge in [0.05, 0.1) is 6.10 Å². The normalized spacial score (nSPS) is 21.4. The number of piperazine rings is 1. The number of anilines is 1. The van der Waals surface area contributed by atoms with Crippen LogP contribution in [-0.2, 0) is 11.3 Å². The summed E-state index contributed by atoms with van der Waals surface area (Å²) in [6, 6.07) is 4.14. The van der Waals surface area contributed by atoms with Crippen LogP contribution in [0.3, 0.4) is 0 Å². The molecule has 2 saturated heterocycles. The van der Waals surface area contributed by atoms with Crippen molar-refractivity contribution in [3.63, 3.8) is 0 Å². The van der Waals surface area contributed by atoms with E-state index >= 15 is 0 Å². The molecule has 0 aromatic carbocycles. The minimum atomic E-state index is 0. The summed E-state index contributed by atoms with van der Waals surface area (Å²) in [5.41, 5.74) is 1.20. The zero-order valence-corrected chi connectivity index (χ0v) is 18.1. The molecule has 1 aromatic heterocycles. The first-order valence-electron chi connectivity index (χ1n) is 9.20. The van der Waals surface area contributed by atoms with E-state index in [4.69, 9.17) is 4.74 Å². The number of rotatable bonds is 5. The summed E-state index contributed by atoms with van der Waals surface area (Å²) in [5, 5.41) is 6.76. The van der Waals surface area contributed by atoms with Crippen LogP contribution >= 0.6 is 24.0 Å². The molecule has 0 amide bonds. The second-order valence-corrected chi connectivity index (χ2v) is 6.72.